The number of halogens is 1. The van der Waals surface area contributed by atoms with Crippen LogP contribution in [0.1, 0.15) is 20.3 Å². The maximum absolute atomic E-state index is 12.0. The molecule has 0 aromatic heterocycles. The van der Waals surface area contributed by atoms with Crippen molar-refractivity contribution in [3.63, 3.8) is 0 Å². The summed E-state index contributed by atoms with van der Waals surface area (Å²) >= 11 is 0. The van der Waals surface area contributed by atoms with Gasteiger partial charge in [-0.2, -0.15) is 0 Å². The molecule has 0 bridgehead atoms. The van der Waals surface area contributed by atoms with E-state index in [2.05, 4.69) is 5.32 Å². The summed E-state index contributed by atoms with van der Waals surface area (Å²) in [4.78, 5) is 11.0. The van der Waals surface area contributed by atoms with Crippen LogP contribution in [0.3, 0.4) is 0 Å². The van der Waals surface area contributed by atoms with Gasteiger partial charge in [0.1, 0.15) is 6.67 Å². The third kappa shape index (κ3) is 1.13. The lowest BCUT2D eigenvalue weighted by atomic mass is 9.90. The summed E-state index contributed by atoms with van der Waals surface area (Å²) in [6, 6.07) is -0.248. The molecule has 1 fully saturated rings. The maximum Gasteiger partial charge on any atom is 0.226 e. The lowest BCUT2D eigenvalue weighted by molar-refractivity contribution is -0.126. The number of alkyl halides is 1. The van der Waals surface area contributed by atoms with E-state index in [9.17, 15) is 9.18 Å². The SMILES string of the molecule is CC1(C)C[C@@H](CF)NC1=O. The number of nitrogens with one attached hydrogen (secondary N) is 1. The van der Waals surface area contributed by atoms with Crippen LogP contribution in [0, 0.1) is 5.41 Å². The topological polar surface area (TPSA) is 29.1 Å². The average molecular weight is 145 g/mol. The molecule has 1 saturated heterocycles. The number of hydrogen-bond donors (Lipinski definition) is 1. The second-order valence-corrected chi connectivity index (χ2v) is 3.41. The summed E-state index contributed by atoms with van der Waals surface area (Å²) in [6.07, 6.45) is 0.613. The molecule has 1 rings (SSSR count). The Morgan fingerprint density at radius 2 is 2.40 bits per heavy atom. The monoisotopic (exact) mass is 145 g/mol. The third-order valence-corrected chi connectivity index (χ3v) is 1.89. The van der Waals surface area contributed by atoms with E-state index < -0.39 is 6.67 Å². The second kappa shape index (κ2) is 2.22. The van der Waals surface area contributed by atoms with Gasteiger partial charge in [-0.05, 0) is 6.42 Å². The molecule has 1 heterocycles. The van der Waals surface area contributed by atoms with Crippen LogP contribution >= 0.6 is 0 Å². The van der Waals surface area contributed by atoms with Crippen molar-refractivity contribution in [1.82, 2.24) is 5.32 Å². The normalized spacial score (nSPS) is 30.3. The second-order valence-electron chi connectivity index (χ2n) is 3.41. The van der Waals surface area contributed by atoms with E-state index in [4.69, 9.17) is 0 Å². The standard InChI is InChI=1S/C7H12FNO/c1-7(2)3-5(4-8)9-6(7)10/h5H,3-4H2,1-2H3,(H,9,10)/t5-/m0/s1. The lowest BCUT2D eigenvalue weighted by Crippen LogP contribution is -2.29. The average Bonchev–Trinajstić information content (AvgIpc) is 2.08. The Hall–Kier alpha value is -0.600. The van der Waals surface area contributed by atoms with Crippen LogP contribution < -0.4 is 5.32 Å². The van der Waals surface area contributed by atoms with E-state index in [1.165, 1.54) is 0 Å². The van der Waals surface area contributed by atoms with Crippen molar-refractivity contribution in [2.45, 2.75) is 26.3 Å². The predicted octanol–water partition coefficient (Wildman–Crippen LogP) is 0.871. The predicted molar refractivity (Wildman–Crippen MR) is 36.3 cm³/mol. The van der Waals surface area contributed by atoms with Crippen LogP contribution in [-0.2, 0) is 4.79 Å². The molecule has 0 aromatic rings. The third-order valence-electron chi connectivity index (χ3n) is 1.89. The zero-order valence-electron chi connectivity index (χ0n) is 6.28. The lowest BCUT2D eigenvalue weighted by Gasteiger charge is -2.11. The molecule has 2 nitrogen and oxygen atoms in total. The maximum atomic E-state index is 12.0. The van der Waals surface area contributed by atoms with Crippen LogP contribution in [-0.4, -0.2) is 18.6 Å². The van der Waals surface area contributed by atoms with Crippen LogP contribution in [0.2, 0.25) is 0 Å². The highest BCUT2D eigenvalue weighted by Gasteiger charge is 2.38. The molecule has 10 heavy (non-hydrogen) atoms. The minimum atomic E-state index is -0.449. The quantitative estimate of drug-likeness (QED) is 0.582. The van der Waals surface area contributed by atoms with Crippen molar-refractivity contribution in [3.8, 4) is 0 Å². The minimum Gasteiger partial charge on any atom is -0.350 e. The molecule has 0 radical (unpaired) electrons. The summed E-state index contributed by atoms with van der Waals surface area (Å²) in [5.74, 6) is -0.0323. The van der Waals surface area contributed by atoms with Gasteiger partial charge < -0.3 is 5.32 Å². The first-order chi connectivity index (χ1) is 4.56. The Labute approximate surface area is 59.8 Å². The molecule has 0 spiro atoms. The van der Waals surface area contributed by atoms with Crippen molar-refractivity contribution in [1.29, 1.82) is 0 Å². The molecule has 1 aliphatic rings. The molecule has 0 saturated carbocycles. The van der Waals surface area contributed by atoms with Gasteiger partial charge in [-0.15, -0.1) is 0 Å². The first-order valence-corrected chi connectivity index (χ1v) is 3.43. The minimum absolute atomic E-state index is 0.0323. The highest BCUT2D eigenvalue weighted by molar-refractivity contribution is 5.84. The highest BCUT2D eigenvalue weighted by Crippen LogP contribution is 2.28. The molecule has 58 valence electrons. The Morgan fingerprint density at radius 3 is 2.60 bits per heavy atom. The van der Waals surface area contributed by atoms with Crippen LogP contribution in [0.15, 0.2) is 0 Å². The Morgan fingerprint density at radius 1 is 1.80 bits per heavy atom. The van der Waals surface area contributed by atoms with Gasteiger partial charge in [0.05, 0.1) is 6.04 Å². The largest absolute Gasteiger partial charge is 0.350 e. The summed E-state index contributed by atoms with van der Waals surface area (Å²) in [6.45, 7) is 3.21. The fourth-order valence-electron chi connectivity index (χ4n) is 1.23. The summed E-state index contributed by atoms with van der Waals surface area (Å²) in [5.41, 5.74) is -0.364. The summed E-state index contributed by atoms with van der Waals surface area (Å²) < 4.78 is 12.0. The molecule has 3 heteroatoms. The van der Waals surface area contributed by atoms with E-state index >= 15 is 0 Å². The molecule has 0 unspecified atom stereocenters. The number of hydrogen-bond acceptors (Lipinski definition) is 1. The molecular formula is C7H12FNO. The highest BCUT2D eigenvalue weighted by atomic mass is 19.1. The molecule has 0 aromatic carbocycles. The number of carbonyl (C=O) groups excluding carboxylic acids is 1. The van der Waals surface area contributed by atoms with Gasteiger partial charge in [-0.1, -0.05) is 13.8 Å². The molecular weight excluding hydrogens is 133 g/mol. The Bertz CT molecular complexity index is 156. The van der Waals surface area contributed by atoms with Crippen molar-refractivity contribution >= 4 is 5.91 Å². The molecule has 1 aliphatic heterocycles. The number of carbonyl (C=O) groups is 1. The van der Waals surface area contributed by atoms with Crippen molar-refractivity contribution in [3.05, 3.63) is 0 Å². The van der Waals surface area contributed by atoms with E-state index in [0.717, 1.165) is 0 Å². The van der Waals surface area contributed by atoms with Gasteiger partial charge in [-0.25, -0.2) is 4.39 Å². The van der Waals surface area contributed by atoms with Gasteiger partial charge in [0.2, 0.25) is 5.91 Å². The molecule has 1 N–H and O–H groups in total. The van der Waals surface area contributed by atoms with E-state index in [1.54, 1.807) is 0 Å². The fourth-order valence-corrected chi connectivity index (χ4v) is 1.23. The van der Waals surface area contributed by atoms with Gasteiger partial charge in [0.25, 0.3) is 0 Å². The molecule has 1 atom stereocenters. The smallest absolute Gasteiger partial charge is 0.226 e. The van der Waals surface area contributed by atoms with Gasteiger partial charge in [0, 0.05) is 5.41 Å². The van der Waals surface area contributed by atoms with Crippen molar-refractivity contribution in [2.75, 3.05) is 6.67 Å². The number of amides is 1. The van der Waals surface area contributed by atoms with Crippen molar-refractivity contribution in [2.24, 2.45) is 5.41 Å². The molecule has 1 amide bonds. The van der Waals surface area contributed by atoms with Crippen molar-refractivity contribution < 1.29 is 9.18 Å². The van der Waals surface area contributed by atoms with E-state index in [-0.39, 0.29) is 17.4 Å². The van der Waals surface area contributed by atoms with Crippen LogP contribution in [0.4, 0.5) is 4.39 Å². The summed E-state index contributed by atoms with van der Waals surface area (Å²) in [7, 11) is 0. The molecule has 0 aliphatic carbocycles. The zero-order valence-corrected chi connectivity index (χ0v) is 6.28. The number of rotatable bonds is 1. The van der Waals surface area contributed by atoms with Crippen LogP contribution in [0.25, 0.3) is 0 Å². The first kappa shape index (κ1) is 7.51. The fraction of sp³-hybridized carbons (Fsp3) is 0.857. The first-order valence-electron chi connectivity index (χ1n) is 3.43. The van der Waals surface area contributed by atoms with Gasteiger partial charge in [-0.3, -0.25) is 4.79 Å². The van der Waals surface area contributed by atoms with E-state index in [1.807, 2.05) is 13.8 Å². The summed E-state index contributed by atoms with van der Waals surface area (Å²) in [5, 5.41) is 2.58. The van der Waals surface area contributed by atoms with Gasteiger partial charge >= 0.3 is 0 Å². The van der Waals surface area contributed by atoms with Gasteiger partial charge in [0.15, 0.2) is 0 Å². The van der Waals surface area contributed by atoms with E-state index in [0.29, 0.717) is 6.42 Å². The Kier molecular flexibility index (Phi) is 1.67. The Balaban J connectivity index is 2.62. The van der Waals surface area contributed by atoms with Crippen LogP contribution in [0.5, 0.6) is 0 Å². The zero-order chi connectivity index (χ0) is 7.78.